The quantitative estimate of drug-likeness (QED) is 0.474. The van der Waals surface area contributed by atoms with Crippen LogP contribution in [0.3, 0.4) is 0 Å². The summed E-state index contributed by atoms with van der Waals surface area (Å²) in [4.78, 5) is 25.8. The first-order chi connectivity index (χ1) is 8.00. The van der Waals surface area contributed by atoms with Crippen LogP contribution in [-0.4, -0.2) is 22.7 Å². The van der Waals surface area contributed by atoms with Crippen molar-refractivity contribution in [3.63, 3.8) is 0 Å². The molecule has 0 aliphatic carbocycles. The number of hydrogen-bond acceptors (Lipinski definition) is 2. The van der Waals surface area contributed by atoms with Gasteiger partial charge in [0.05, 0.1) is 0 Å². The summed E-state index contributed by atoms with van der Waals surface area (Å²) in [5.74, 6) is -0.836. The van der Waals surface area contributed by atoms with Crippen molar-refractivity contribution in [2.24, 2.45) is 0 Å². The van der Waals surface area contributed by atoms with E-state index in [1.807, 2.05) is 6.07 Å². The fraction of sp³-hybridized carbons (Fsp3) is 0.250. The summed E-state index contributed by atoms with van der Waals surface area (Å²) in [6.07, 6.45) is 0.781. The zero-order chi connectivity index (χ0) is 12.9. The summed E-state index contributed by atoms with van der Waals surface area (Å²) in [5, 5.41) is 2.57. The number of amides is 1. The number of nitrogens with zero attached hydrogens (tertiary/aromatic N) is 2. The van der Waals surface area contributed by atoms with Crippen molar-refractivity contribution < 1.29 is 14.4 Å². The minimum Gasteiger partial charge on any atom is -0.361 e. The fourth-order valence-electron chi connectivity index (χ4n) is 1.58. The largest absolute Gasteiger partial charge is 0.361 e. The Morgan fingerprint density at radius 1 is 1.35 bits per heavy atom. The van der Waals surface area contributed by atoms with Crippen molar-refractivity contribution in [2.75, 3.05) is 0 Å². The van der Waals surface area contributed by atoms with Crippen molar-refractivity contribution in [3.8, 4) is 0 Å². The van der Waals surface area contributed by atoms with Crippen LogP contribution in [0.4, 0.5) is 0 Å². The summed E-state index contributed by atoms with van der Waals surface area (Å²) in [6, 6.07) is 8.78. The lowest BCUT2D eigenvalue weighted by Gasteiger charge is -2.26. The fourth-order valence-corrected chi connectivity index (χ4v) is 1.58. The van der Waals surface area contributed by atoms with Gasteiger partial charge in [-0.1, -0.05) is 30.3 Å². The van der Waals surface area contributed by atoms with E-state index in [0.29, 0.717) is 5.56 Å². The number of nitrogens with one attached hydrogen (secondary N) is 1. The third kappa shape index (κ3) is 2.86. The van der Waals surface area contributed by atoms with Gasteiger partial charge in [-0.15, -0.1) is 0 Å². The Morgan fingerprint density at radius 2 is 1.94 bits per heavy atom. The van der Waals surface area contributed by atoms with Crippen LogP contribution in [0.1, 0.15) is 19.4 Å². The maximum Gasteiger partial charge on any atom is 0.326 e. The zero-order valence-electron chi connectivity index (χ0n) is 9.68. The van der Waals surface area contributed by atoms with Crippen LogP contribution in [-0.2, 0) is 15.1 Å². The average molecular weight is 231 g/mol. The Morgan fingerprint density at radius 3 is 2.41 bits per heavy atom. The number of ketones is 1. The van der Waals surface area contributed by atoms with E-state index in [1.165, 1.54) is 6.92 Å². The van der Waals surface area contributed by atoms with E-state index >= 15 is 0 Å². The molecule has 0 aliphatic rings. The minimum atomic E-state index is -1.22. The van der Waals surface area contributed by atoms with Crippen molar-refractivity contribution >= 4 is 17.9 Å². The maximum atomic E-state index is 11.9. The third-order valence-corrected chi connectivity index (χ3v) is 2.44. The smallest absolute Gasteiger partial charge is 0.326 e. The van der Waals surface area contributed by atoms with Gasteiger partial charge in [-0.2, -0.15) is 4.79 Å². The van der Waals surface area contributed by atoms with Crippen LogP contribution in [0.25, 0.3) is 5.53 Å². The second kappa shape index (κ2) is 5.18. The molecule has 1 aromatic carbocycles. The molecule has 88 valence electrons. The van der Waals surface area contributed by atoms with Crippen molar-refractivity contribution in [1.82, 2.24) is 5.32 Å². The number of Topliss-reactive ketones (excluding diaryl/α,β-unsaturated/α-hetero) is 1. The van der Waals surface area contributed by atoms with Crippen molar-refractivity contribution in [2.45, 2.75) is 19.4 Å². The highest BCUT2D eigenvalue weighted by Crippen LogP contribution is 2.20. The predicted octanol–water partition coefficient (Wildman–Crippen LogP) is 0.908. The number of carbonyl (C=O) groups excluding carboxylic acids is 2. The highest BCUT2D eigenvalue weighted by Gasteiger charge is 2.37. The van der Waals surface area contributed by atoms with Gasteiger partial charge in [-0.25, -0.2) is 0 Å². The third-order valence-electron chi connectivity index (χ3n) is 2.44. The summed E-state index contributed by atoms with van der Waals surface area (Å²) < 4.78 is 0. The lowest BCUT2D eigenvalue weighted by atomic mass is 9.88. The highest BCUT2D eigenvalue weighted by molar-refractivity contribution is 6.29. The number of rotatable bonds is 4. The first-order valence-corrected chi connectivity index (χ1v) is 5.07. The van der Waals surface area contributed by atoms with Gasteiger partial charge in [0.25, 0.3) is 5.78 Å². The maximum absolute atomic E-state index is 11.9. The Hall–Kier alpha value is -2.26. The van der Waals surface area contributed by atoms with Crippen LogP contribution in [0, 0.1) is 0 Å². The molecule has 5 heteroatoms. The molecule has 0 fully saturated rings. The van der Waals surface area contributed by atoms with Gasteiger partial charge in [0.2, 0.25) is 5.91 Å². The summed E-state index contributed by atoms with van der Waals surface area (Å²) >= 11 is 0. The Bertz CT molecular complexity index is 478. The van der Waals surface area contributed by atoms with Crippen LogP contribution < -0.4 is 5.32 Å². The van der Waals surface area contributed by atoms with Gasteiger partial charge in [-0.05, 0) is 12.5 Å². The molecular formula is C12H13N3O2. The molecule has 1 aromatic rings. The molecule has 1 amide bonds. The molecule has 1 unspecified atom stereocenters. The van der Waals surface area contributed by atoms with E-state index in [0.717, 1.165) is 6.21 Å². The predicted molar refractivity (Wildman–Crippen MR) is 62.3 cm³/mol. The van der Waals surface area contributed by atoms with Crippen LogP contribution in [0.5, 0.6) is 0 Å². The molecule has 1 rings (SSSR count). The molecule has 0 aromatic heterocycles. The molecule has 17 heavy (non-hydrogen) atoms. The first-order valence-electron chi connectivity index (χ1n) is 5.07. The van der Waals surface area contributed by atoms with E-state index in [2.05, 4.69) is 10.1 Å². The molecule has 0 aliphatic heterocycles. The zero-order valence-corrected chi connectivity index (χ0v) is 9.68. The van der Waals surface area contributed by atoms with Gasteiger partial charge in [0.1, 0.15) is 5.54 Å². The summed E-state index contributed by atoms with van der Waals surface area (Å²) in [5.41, 5.74) is 7.82. The van der Waals surface area contributed by atoms with Gasteiger partial charge in [0, 0.05) is 6.92 Å². The minimum absolute atomic E-state index is 0.337. The number of carbonyl (C=O) groups is 2. The van der Waals surface area contributed by atoms with Crippen LogP contribution in [0.2, 0.25) is 0 Å². The average Bonchev–Trinajstić information content (AvgIpc) is 2.29. The molecule has 0 heterocycles. The molecule has 1 atom stereocenters. The van der Waals surface area contributed by atoms with E-state index in [-0.39, 0.29) is 5.91 Å². The Kier molecular flexibility index (Phi) is 3.91. The van der Waals surface area contributed by atoms with Gasteiger partial charge in [0.15, 0.2) is 0 Å². The van der Waals surface area contributed by atoms with Crippen molar-refractivity contribution in [1.29, 1.82) is 0 Å². The van der Waals surface area contributed by atoms with E-state index < -0.39 is 11.3 Å². The number of benzene rings is 1. The van der Waals surface area contributed by atoms with Gasteiger partial charge >= 0.3 is 6.21 Å². The van der Waals surface area contributed by atoms with Crippen molar-refractivity contribution in [3.05, 3.63) is 41.4 Å². The molecule has 0 saturated carbocycles. The topological polar surface area (TPSA) is 82.6 Å². The SMILES string of the molecule is CC(=O)NC(C)(C(=O)C=[N+]=[N-])c1ccccc1. The molecule has 1 N–H and O–H groups in total. The Balaban J connectivity index is 3.24. The first kappa shape index (κ1) is 12.8. The second-order valence-corrected chi connectivity index (χ2v) is 3.78. The standard InChI is InChI=1S/C12H13N3O2/c1-9(16)15-12(2,11(17)8-14-13)10-6-4-3-5-7-10/h3-8H,1-2H3,(H,15,16). The summed E-state index contributed by atoms with van der Waals surface area (Å²) in [7, 11) is 0. The second-order valence-electron chi connectivity index (χ2n) is 3.78. The monoisotopic (exact) mass is 231 g/mol. The summed E-state index contributed by atoms with van der Waals surface area (Å²) in [6.45, 7) is 2.89. The lowest BCUT2D eigenvalue weighted by molar-refractivity contribution is -0.128. The molecular weight excluding hydrogens is 218 g/mol. The molecule has 0 radical (unpaired) electrons. The normalized spacial score (nSPS) is 13.1. The number of hydrogen-bond donors (Lipinski definition) is 1. The van der Waals surface area contributed by atoms with E-state index in [4.69, 9.17) is 5.53 Å². The van der Waals surface area contributed by atoms with Gasteiger partial charge < -0.3 is 10.8 Å². The van der Waals surface area contributed by atoms with E-state index in [9.17, 15) is 9.59 Å². The van der Waals surface area contributed by atoms with E-state index in [1.54, 1.807) is 31.2 Å². The van der Waals surface area contributed by atoms with Gasteiger partial charge in [-0.3, -0.25) is 9.59 Å². The molecule has 0 spiro atoms. The molecule has 0 saturated heterocycles. The lowest BCUT2D eigenvalue weighted by Crippen LogP contribution is -2.49. The molecule has 0 bridgehead atoms. The van der Waals surface area contributed by atoms with Crippen LogP contribution >= 0.6 is 0 Å². The Labute approximate surface area is 99.1 Å². The van der Waals surface area contributed by atoms with Crippen LogP contribution in [0.15, 0.2) is 30.3 Å². The molecule has 5 nitrogen and oxygen atoms in total. The highest BCUT2D eigenvalue weighted by atomic mass is 16.2.